The molecule has 182 valence electrons. The molecule has 1 aliphatic rings. The number of aromatic nitrogens is 2. The normalized spacial score (nSPS) is 14.4. The first-order valence-corrected chi connectivity index (χ1v) is 12.4. The second kappa shape index (κ2) is 12.3. The Labute approximate surface area is 200 Å². The van der Waals surface area contributed by atoms with Gasteiger partial charge in [0.25, 0.3) is 0 Å². The van der Waals surface area contributed by atoms with Gasteiger partial charge >= 0.3 is 0 Å². The van der Waals surface area contributed by atoms with Crippen LogP contribution in [0, 0.1) is 12.7 Å². The molecule has 8 nitrogen and oxygen atoms in total. The lowest BCUT2D eigenvalue weighted by molar-refractivity contribution is -0.0980. The van der Waals surface area contributed by atoms with Gasteiger partial charge in [0, 0.05) is 31.7 Å². The van der Waals surface area contributed by atoms with Gasteiger partial charge in [-0.3, -0.25) is 4.98 Å². The van der Waals surface area contributed by atoms with Crippen LogP contribution in [0.4, 0.5) is 10.2 Å². The molecule has 10 heteroatoms. The van der Waals surface area contributed by atoms with Crippen molar-refractivity contribution in [3.63, 3.8) is 0 Å². The van der Waals surface area contributed by atoms with E-state index in [1.54, 1.807) is 6.07 Å². The number of anilines is 1. The number of hydrogen-bond donors (Lipinski definition) is 1. The van der Waals surface area contributed by atoms with E-state index in [1.807, 2.05) is 51.1 Å². The van der Waals surface area contributed by atoms with Crippen molar-refractivity contribution < 1.29 is 17.6 Å². The van der Waals surface area contributed by atoms with Crippen LogP contribution in [0.1, 0.15) is 5.56 Å². The van der Waals surface area contributed by atoms with Crippen molar-refractivity contribution in [3.05, 3.63) is 66.2 Å². The van der Waals surface area contributed by atoms with E-state index < -0.39 is 10.0 Å². The maximum absolute atomic E-state index is 14.4. The lowest BCUT2D eigenvalue weighted by Crippen LogP contribution is -2.46. The quantitative estimate of drug-likeness (QED) is 0.605. The minimum atomic E-state index is -2.94. The number of carbonyl (C=O) groups is 1. The second-order valence-electron chi connectivity index (χ2n) is 7.80. The molecule has 2 N–H and O–H groups in total. The molecule has 3 aromatic rings. The molecule has 2 heterocycles. The number of nitrogens with two attached hydrogens (primary N) is 1. The van der Waals surface area contributed by atoms with Crippen molar-refractivity contribution in [2.75, 3.05) is 45.2 Å². The standard InChI is InChI=1S/C17H14FN3.C6H14N2O2S.CH2O/c1-11-4-2-3-5-13(11)12-6-7-14(15(18)8-12)16-9-21-17(19)10-20-16;1-7-3-5-8(6-4-7)11(2,9)10;1-2/h2-10H,1H3,(H2,19,21);3-6H2,1-2H3;1H2. The number of piperazine rings is 1. The van der Waals surface area contributed by atoms with Crippen molar-refractivity contribution >= 4 is 22.6 Å². The van der Waals surface area contributed by atoms with E-state index in [0.29, 0.717) is 30.2 Å². The van der Waals surface area contributed by atoms with Crippen LogP contribution in [0.2, 0.25) is 0 Å². The topological polar surface area (TPSA) is 109 Å². The highest BCUT2D eigenvalue weighted by Crippen LogP contribution is 2.28. The summed E-state index contributed by atoms with van der Waals surface area (Å²) < 4.78 is 37.9. The van der Waals surface area contributed by atoms with Gasteiger partial charge in [0.1, 0.15) is 18.4 Å². The van der Waals surface area contributed by atoms with Crippen LogP contribution in [-0.2, 0) is 14.8 Å². The molecule has 0 amide bonds. The highest BCUT2D eigenvalue weighted by molar-refractivity contribution is 7.88. The van der Waals surface area contributed by atoms with Crippen LogP contribution in [0.25, 0.3) is 22.4 Å². The van der Waals surface area contributed by atoms with Gasteiger partial charge in [-0.15, -0.1) is 0 Å². The van der Waals surface area contributed by atoms with E-state index in [4.69, 9.17) is 10.5 Å². The maximum atomic E-state index is 14.4. The maximum Gasteiger partial charge on any atom is 0.211 e. The summed E-state index contributed by atoms with van der Waals surface area (Å²) in [6.45, 7) is 6.96. The zero-order valence-corrected chi connectivity index (χ0v) is 20.4. The molecule has 1 saturated heterocycles. The number of aryl methyl sites for hydroxylation is 1. The van der Waals surface area contributed by atoms with Crippen molar-refractivity contribution in [2.45, 2.75) is 6.92 Å². The Kier molecular flexibility index (Phi) is 9.79. The van der Waals surface area contributed by atoms with Crippen LogP contribution >= 0.6 is 0 Å². The van der Waals surface area contributed by atoms with E-state index in [-0.39, 0.29) is 5.82 Å². The lowest BCUT2D eigenvalue weighted by Gasteiger charge is -2.30. The van der Waals surface area contributed by atoms with Gasteiger partial charge in [0.05, 0.1) is 24.3 Å². The number of nitrogen functional groups attached to an aromatic ring is 1. The number of hydrogen-bond acceptors (Lipinski definition) is 7. The monoisotopic (exact) mass is 487 g/mol. The third-order valence-corrected chi connectivity index (χ3v) is 6.61. The average Bonchev–Trinajstić information content (AvgIpc) is 2.81. The number of rotatable bonds is 3. The Morgan fingerprint density at radius 3 is 2.15 bits per heavy atom. The molecule has 0 saturated carbocycles. The summed E-state index contributed by atoms with van der Waals surface area (Å²) >= 11 is 0. The highest BCUT2D eigenvalue weighted by Gasteiger charge is 2.20. The summed E-state index contributed by atoms with van der Waals surface area (Å²) in [6.07, 6.45) is 4.16. The molecule has 0 atom stereocenters. The molecule has 34 heavy (non-hydrogen) atoms. The minimum Gasteiger partial charge on any atom is -0.382 e. The largest absolute Gasteiger partial charge is 0.382 e. The fourth-order valence-electron chi connectivity index (χ4n) is 3.38. The molecule has 1 aromatic heterocycles. The molecule has 0 bridgehead atoms. The van der Waals surface area contributed by atoms with Crippen molar-refractivity contribution in [3.8, 4) is 22.4 Å². The third kappa shape index (κ3) is 7.41. The number of likely N-dealkylation sites (N-methyl/N-ethyl adjacent to an activating group) is 1. The number of sulfonamides is 1. The van der Waals surface area contributed by atoms with E-state index in [9.17, 15) is 12.8 Å². The summed E-state index contributed by atoms with van der Waals surface area (Å²) in [6, 6.07) is 13.0. The molecule has 1 fully saturated rings. The first kappa shape index (κ1) is 27.0. The zero-order chi connectivity index (χ0) is 25.3. The molecule has 2 aromatic carbocycles. The van der Waals surface area contributed by atoms with Crippen molar-refractivity contribution in [1.29, 1.82) is 0 Å². The molecule has 0 unspecified atom stereocenters. The Morgan fingerprint density at radius 2 is 1.62 bits per heavy atom. The van der Waals surface area contributed by atoms with Gasteiger partial charge in [0.2, 0.25) is 10.0 Å². The predicted octanol–water partition coefficient (Wildman–Crippen LogP) is 2.85. The van der Waals surface area contributed by atoms with Crippen LogP contribution in [0.3, 0.4) is 0 Å². The molecule has 0 aliphatic carbocycles. The lowest BCUT2D eigenvalue weighted by atomic mass is 9.98. The highest BCUT2D eigenvalue weighted by atomic mass is 32.2. The number of benzene rings is 2. The fraction of sp³-hybridized carbons (Fsp3) is 0.292. The minimum absolute atomic E-state index is 0.315. The Morgan fingerprint density at radius 1 is 0.971 bits per heavy atom. The van der Waals surface area contributed by atoms with E-state index in [2.05, 4.69) is 14.9 Å². The van der Waals surface area contributed by atoms with Gasteiger partial charge < -0.3 is 15.4 Å². The SMILES string of the molecule is C=O.CN1CCN(S(C)(=O)=O)CC1.Cc1ccccc1-c1ccc(-c2cnc(N)cn2)c(F)c1. The van der Waals surface area contributed by atoms with Crippen LogP contribution in [-0.4, -0.2) is 73.9 Å². The molecule has 4 rings (SSSR count). The number of carbonyl (C=O) groups excluding carboxylic acids is 1. The zero-order valence-electron chi connectivity index (χ0n) is 19.6. The Balaban J connectivity index is 0.000000266. The summed E-state index contributed by atoms with van der Waals surface area (Å²) in [5.41, 5.74) is 9.35. The van der Waals surface area contributed by atoms with Crippen molar-refractivity contribution in [2.24, 2.45) is 0 Å². The third-order valence-electron chi connectivity index (χ3n) is 5.30. The van der Waals surface area contributed by atoms with Gasteiger partial charge in [-0.1, -0.05) is 30.3 Å². The van der Waals surface area contributed by atoms with Crippen LogP contribution < -0.4 is 5.73 Å². The van der Waals surface area contributed by atoms with E-state index in [0.717, 1.165) is 29.8 Å². The second-order valence-corrected chi connectivity index (χ2v) is 9.78. The predicted molar refractivity (Wildman–Crippen MR) is 133 cm³/mol. The number of nitrogens with zero attached hydrogens (tertiary/aromatic N) is 4. The van der Waals surface area contributed by atoms with Gasteiger partial charge in [-0.2, -0.15) is 4.31 Å². The summed E-state index contributed by atoms with van der Waals surface area (Å²) in [4.78, 5) is 18.2. The average molecular weight is 488 g/mol. The summed E-state index contributed by atoms with van der Waals surface area (Å²) in [7, 11) is -0.943. The summed E-state index contributed by atoms with van der Waals surface area (Å²) in [5, 5.41) is 0. The summed E-state index contributed by atoms with van der Waals surface area (Å²) in [5.74, 6) is -0.00878. The van der Waals surface area contributed by atoms with E-state index >= 15 is 0 Å². The first-order valence-electron chi connectivity index (χ1n) is 10.5. The Hall–Kier alpha value is -3.21. The van der Waals surface area contributed by atoms with Crippen LogP contribution in [0.15, 0.2) is 54.9 Å². The smallest absolute Gasteiger partial charge is 0.211 e. The molecule has 0 radical (unpaired) electrons. The van der Waals surface area contributed by atoms with Gasteiger partial charge in [0.15, 0.2) is 0 Å². The van der Waals surface area contributed by atoms with Gasteiger partial charge in [-0.25, -0.2) is 17.8 Å². The molecular formula is C24H30FN5O3S. The molecule has 0 spiro atoms. The van der Waals surface area contributed by atoms with Gasteiger partial charge in [-0.05, 0) is 42.8 Å². The fourth-order valence-corrected chi connectivity index (χ4v) is 4.21. The van der Waals surface area contributed by atoms with E-state index in [1.165, 1.54) is 29.0 Å². The number of halogens is 1. The molecule has 1 aliphatic heterocycles. The van der Waals surface area contributed by atoms with Crippen molar-refractivity contribution in [1.82, 2.24) is 19.2 Å². The Bertz CT molecular complexity index is 1180. The van der Waals surface area contributed by atoms with Crippen LogP contribution in [0.5, 0.6) is 0 Å². The first-order chi connectivity index (χ1) is 16.1. The molecular weight excluding hydrogens is 457 g/mol.